The van der Waals surface area contributed by atoms with Crippen molar-refractivity contribution in [2.24, 2.45) is 0 Å². The standard InChI is InChI=1S/C23H19F3N6O3/c24-13-9-17(25)19(18(26)10-13)29-20-16-11-27-23(28-14-3-1-12(2-4-14)22(33)34)30-21(16)32(31-20)15-5-7-35-8-6-15/h1-4,9-11,15H,5-8H2,(H,29,31)(H,33,34)(H,27,28,30). The number of aromatic carboxylic acids is 1. The van der Waals surface area contributed by atoms with Gasteiger partial charge in [0.05, 0.1) is 17.0 Å². The van der Waals surface area contributed by atoms with E-state index >= 15 is 0 Å². The molecule has 12 heteroatoms. The van der Waals surface area contributed by atoms with E-state index in [0.29, 0.717) is 54.9 Å². The van der Waals surface area contributed by atoms with Crippen molar-refractivity contribution in [1.29, 1.82) is 0 Å². The van der Waals surface area contributed by atoms with Crippen LogP contribution in [-0.2, 0) is 4.74 Å². The third-order valence-electron chi connectivity index (χ3n) is 5.62. The van der Waals surface area contributed by atoms with Crippen molar-refractivity contribution < 1.29 is 27.8 Å². The van der Waals surface area contributed by atoms with Crippen molar-refractivity contribution in [1.82, 2.24) is 19.7 Å². The molecule has 2 aromatic carbocycles. The molecular formula is C23H19F3N6O3. The Morgan fingerprint density at radius 2 is 1.74 bits per heavy atom. The average Bonchev–Trinajstić information content (AvgIpc) is 3.20. The van der Waals surface area contributed by atoms with Gasteiger partial charge in [0, 0.05) is 37.2 Å². The van der Waals surface area contributed by atoms with Gasteiger partial charge in [-0.25, -0.2) is 27.6 Å². The van der Waals surface area contributed by atoms with Gasteiger partial charge in [-0.05, 0) is 37.1 Å². The summed E-state index contributed by atoms with van der Waals surface area (Å²) in [5.74, 6) is -3.92. The predicted octanol–water partition coefficient (Wildman–Crippen LogP) is 4.78. The maximum atomic E-state index is 14.3. The van der Waals surface area contributed by atoms with Gasteiger partial charge in [-0.2, -0.15) is 10.1 Å². The number of rotatable bonds is 6. The SMILES string of the molecule is O=C(O)c1ccc(Nc2ncc3c(Nc4c(F)cc(F)cc4F)nn(C4CCOCC4)c3n2)cc1. The van der Waals surface area contributed by atoms with E-state index in [1.807, 2.05) is 0 Å². The molecule has 9 nitrogen and oxygen atoms in total. The molecule has 0 spiro atoms. The van der Waals surface area contributed by atoms with Gasteiger partial charge in [-0.1, -0.05) is 0 Å². The van der Waals surface area contributed by atoms with Crippen LogP contribution in [0.4, 0.5) is 36.3 Å². The maximum absolute atomic E-state index is 14.3. The first-order valence-corrected chi connectivity index (χ1v) is 10.7. The van der Waals surface area contributed by atoms with Crippen molar-refractivity contribution in [3.05, 3.63) is 65.6 Å². The Balaban J connectivity index is 1.53. The molecular weight excluding hydrogens is 465 g/mol. The van der Waals surface area contributed by atoms with E-state index in [1.165, 1.54) is 18.3 Å². The van der Waals surface area contributed by atoms with Gasteiger partial charge in [0.2, 0.25) is 5.95 Å². The van der Waals surface area contributed by atoms with E-state index in [2.05, 4.69) is 25.7 Å². The molecule has 4 aromatic rings. The Kier molecular flexibility index (Phi) is 5.95. The second-order valence-electron chi connectivity index (χ2n) is 7.94. The molecule has 1 aliphatic heterocycles. The number of halogens is 3. The van der Waals surface area contributed by atoms with Gasteiger partial charge in [0.25, 0.3) is 0 Å². The van der Waals surface area contributed by atoms with Gasteiger partial charge in [0.1, 0.15) is 11.5 Å². The molecule has 2 aromatic heterocycles. The van der Waals surface area contributed by atoms with Crippen molar-refractivity contribution in [3.8, 4) is 0 Å². The fourth-order valence-corrected chi connectivity index (χ4v) is 3.87. The largest absolute Gasteiger partial charge is 0.478 e. The Labute approximate surface area is 196 Å². The van der Waals surface area contributed by atoms with E-state index in [-0.39, 0.29) is 23.4 Å². The molecule has 1 aliphatic rings. The number of nitrogens with one attached hydrogen (secondary N) is 2. The van der Waals surface area contributed by atoms with Crippen LogP contribution in [0.1, 0.15) is 29.2 Å². The lowest BCUT2D eigenvalue weighted by atomic mass is 10.1. The first kappa shape index (κ1) is 22.6. The van der Waals surface area contributed by atoms with E-state index in [0.717, 1.165) is 0 Å². The van der Waals surface area contributed by atoms with Gasteiger partial charge in [-0.3, -0.25) is 0 Å². The minimum Gasteiger partial charge on any atom is -0.478 e. The number of anilines is 4. The highest BCUT2D eigenvalue weighted by atomic mass is 19.1. The lowest BCUT2D eigenvalue weighted by Gasteiger charge is -2.22. The second-order valence-corrected chi connectivity index (χ2v) is 7.94. The average molecular weight is 484 g/mol. The van der Waals surface area contributed by atoms with Crippen LogP contribution in [0, 0.1) is 17.5 Å². The smallest absolute Gasteiger partial charge is 0.335 e. The minimum absolute atomic E-state index is 0.0673. The van der Waals surface area contributed by atoms with E-state index in [1.54, 1.807) is 16.8 Å². The molecule has 1 saturated heterocycles. The fraction of sp³-hybridized carbons (Fsp3) is 0.217. The Bertz CT molecular complexity index is 1380. The van der Waals surface area contributed by atoms with Crippen molar-refractivity contribution in [3.63, 3.8) is 0 Å². The summed E-state index contributed by atoms with van der Waals surface area (Å²) in [5.41, 5.74) is 0.591. The number of fused-ring (bicyclic) bond motifs is 1. The molecule has 3 heterocycles. The van der Waals surface area contributed by atoms with Gasteiger partial charge < -0.3 is 20.5 Å². The van der Waals surface area contributed by atoms with Crippen LogP contribution in [0.2, 0.25) is 0 Å². The highest BCUT2D eigenvalue weighted by Gasteiger charge is 2.24. The molecule has 180 valence electrons. The monoisotopic (exact) mass is 484 g/mol. The Hall–Kier alpha value is -4.19. The number of benzene rings is 2. The second kappa shape index (κ2) is 9.22. The van der Waals surface area contributed by atoms with Gasteiger partial charge in [0.15, 0.2) is 23.1 Å². The van der Waals surface area contributed by atoms with Crippen LogP contribution >= 0.6 is 0 Å². The van der Waals surface area contributed by atoms with Crippen LogP contribution < -0.4 is 10.6 Å². The molecule has 0 amide bonds. The number of hydrogen-bond donors (Lipinski definition) is 3. The number of nitrogens with zero attached hydrogens (tertiary/aromatic N) is 4. The maximum Gasteiger partial charge on any atom is 0.335 e. The molecule has 35 heavy (non-hydrogen) atoms. The highest BCUT2D eigenvalue weighted by Crippen LogP contribution is 2.32. The zero-order chi connectivity index (χ0) is 24.5. The lowest BCUT2D eigenvalue weighted by molar-refractivity contribution is 0.0673. The molecule has 0 atom stereocenters. The summed E-state index contributed by atoms with van der Waals surface area (Å²) in [6.07, 6.45) is 2.79. The summed E-state index contributed by atoms with van der Waals surface area (Å²) in [4.78, 5) is 19.9. The zero-order valence-electron chi connectivity index (χ0n) is 18.1. The van der Waals surface area contributed by atoms with E-state index in [9.17, 15) is 18.0 Å². The van der Waals surface area contributed by atoms with E-state index in [4.69, 9.17) is 9.84 Å². The van der Waals surface area contributed by atoms with Crippen molar-refractivity contribution >= 4 is 40.1 Å². The normalized spacial score (nSPS) is 14.3. The topological polar surface area (TPSA) is 114 Å². The lowest BCUT2D eigenvalue weighted by Crippen LogP contribution is -2.21. The molecule has 0 saturated carbocycles. The van der Waals surface area contributed by atoms with Crippen LogP contribution in [0.15, 0.2) is 42.6 Å². The van der Waals surface area contributed by atoms with Crippen LogP contribution in [-0.4, -0.2) is 44.0 Å². The first-order valence-electron chi connectivity index (χ1n) is 10.7. The summed E-state index contributed by atoms with van der Waals surface area (Å²) in [5, 5.41) is 19.6. The highest BCUT2D eigenvalue weighted by molar-refractivity contribution is 5.90. The molecule has 0 radical (unpaired) electrons. The Morgan fingerprint density at radius 3 is 2.40 bits per heavy atom. The van der Waals surface area contributed by atoms with Crippen molar-refractivity contribution in [2.45, 2.75) is 18.9 Å². The number of carbonyl (C=O) groups is 1. The minimum atomic E-state index is -1.10. The van der Waals surface area contributed by atoms with Crippen LogP contribution in [0.5, 0.6) is 0 Å². The Morgan fingerprint density at radius 1 is 1.06 bits per heavy atom. The van der Waals surface area contributed by atoms with Crippen LogP contribution in [0.3, 0.4) is 0 Å². The third kappa shape index (κ3) is 4.60. The van der Waals surface area contributed by atoms with E-state index < -0.39 is 29.1 Å². The fourth-order valence-electron chi connectivity index (χ4n) is 3.87. The molecule has 0 bridgehead atoms. The van der Waals surface area contributed by atoms with Crippen molar-refractivity contribution in [2.75, 3.05) is 23.8 Å². The molecule has 1 fully saturated rings. The summed E-state index contributed by atoms with van der Waals surface area (Å²) in [6.45, 7) is 1.06. The van der Waals surface area contributed by atoms with Gasteiger partial charge in [-0.15, -0.1) is 0 Å². The summed E-state index contributed by atoms with van der Waals surface area (Å²) in [6, 6.07) is 7.16. The van der Waals surface area contributed by atoms with Gasteiger partial charge >= 0.3 is 5.97 Å². The number of ether oxygens (including phenoxy) is 1. The molecule has 5 rings (SSSR count). The predicted molar refractivity (Wildman–Crippen MR) is 121 cm³/mol. The third-order valence-corrected chi connectivity index (χ3v) is 5.62. The summed E-state index contributed by atoms with van der Waals surface area (Å²) >= 11 is 0. The quantitative estimate of drug-likeness (QED) is 0.358. The molecule has 0 aliphatic carbocycles. The molecule has 3 N–H and O–H groups in total. The molecule has 0 unspecified atom stereocenters. The number of carboxylic acids is 1. The summed E-state index contributed by atoms with van der Waals surface area (Å²) < 4.78 is 49.0. The zero-order valence-corrected chi connectivity index (χ0v) is 18.1. The first-order chi connectivity index (χ1) is 16.9. The van der Waals surface area contributed by atoms with Crippen LogP contribution in [0.25, 0.3) is 11.0 Å². The number of aromatic nitrogens is 4. The summed E-state index contributed by atoms with van der Waals surface area (Å²) in [7, 11) is 0. The number of carboxylic acid groups (broad SMARTS) is 1. The number of hydrogen-bond acceptors (Lipinski definition) is 7.